The lowest BCUT2D eigenvalue weighted by molar-refractivity contribution is -0.136. The van der Waals surface area contributed by atoms with Crippen LogP contribution in [-0.4, -0.2) is 16.1 Å². The summed E-state index contributed by atoms with van der Waals surface area (Å²) in [6.07, 6.45) is 2.36. The number of anilines is 1. The molecule has 0 amide bonds. The van der Waals surface area contributed by atoms with Crippen molar-refractivity contribution in [2.45, 2.75) is 39.7 Å². The number of aliphatic carboxylic acids is 1. The Kier molecular flexibility index (Phi) is 5.28. The van der Waals surface area contributed by atoms with Gasteiger partial charge in [-0.15, -0.1) is 0 Å². The van der Waals surface area contributed by atoms with Gasteiger partial charge in [0, 0.05) is 22.6 Å². The molecule has 172 valence electrons. The quantitative estimate of drug-likeness (QED) is 0.381. The normalized spacial score (nSPS) is 16.4. The summed E-state index contributed by atoms with van der Waals surface area (Å²) >= 11 is 0. The largest absolute Gasteiger partial charge is 0.485 e. The van der Waals surface area contributed by atoms with Gasteiger partial charge >= 0.3 is 5.97 Å². The van der Waals surface area contributed by atoms with Gasteiger partial charge in [-0.25, -0.2) is 4.98 Å². The number of carboxylic acids is 1. The number of hydrogen-bond donors (Lipinski definition) is 2. The van der Waals surface area contributed by atoms with Crippen LogP contribution in [0.4, 0.5) is 5.82 Å². The van der Waals surface area contributed by atoms with Gasteiger partial charge < -0.3 is 15.6 Å². The molecule has 0 fully saturated rings. The molecule has 3 aromatic carbocycles. The summed E-state index contributed by atoms with van der Waals surface area (Å²) in [5.74, 6) is 0.295. The molecule has 1 atom stereocenters. The van der Waals surface area contributed by atoms with E-state index in [0.717, 1.165) is 39.4 Å². The topological polar surface area (TPSA) is 85.4 Å². The zero-order chi connectivity index (χ0) is 24.0. The van der Waals surface area contributed by atoms with Crippen LogP contribution in [0.1, 0.15) is 42.2 Å². The first-order valence-electron chi connectivity index (χ1n) is 11.5. The maximum Gasteiger partial charge on any atom is 0.307 e. The van der Waals surface area contributed by atoms with Crippen LogP contribution in [0.25, 0.3) is 21.9 Å². The number of nitrogens with zero attached hydrogens (tertiary/aromatic N) is 1. The number of aromatic nitrogens is 1. The van der Waals surface area contributed by atoms with Gasteiger partial charge in [0.1, 0.15) is 17.7 Å². The zero-order valence-corrected chi connectivity index (χ0v) is 19.6. The lowest BCUT2D eigenvalue weighted by Crippen LogP contribution is -2.23. The molecular formula is C29H28N2O3. The van der Waals surface area contributed by atoms with Crippen molar-refractivity contribution in [2.75, 3.05) is 5.73 Å². The molecule has 0 aliphatic heterocycles. The summed E-state index contributed by atoms with van der Waals surface area (Å²) in [6, 6.07) is 20.5. The molecule has 0 saturated carbocycles. The third-order valence-electron chi connectivity index (χ3n) is 6.72. The first-order valence-corrected chi connectivity index (χ1v) is 11.5. The molecule has 0 radical (unpaired) electrons. The molecule has 5 nitrogen and oxygen atoms in total. The minimum Gasteiger partial charge on any atom is -0.485 e. The average Bonchev–Trinajstić information content (AvgIpc) is 3.04. The number of ether oxygens (including phenoxy) is 1. The third kappa shape index (κ3) is 3.98. The van der Waals surface area contributed by atoms with Crippen molar-refractivity contribution in [3.05, 3.63) is 89.1 Å². The second kappa shape index (κ2) is 8.17. The number of fused-ring (bicyclic) bond motifs is 2. The molecule has 4 aromatic rings. The van der Waals surface area contributed by atoms with Gasteiger partial charge in [0.15, 0.2) is 0 Å². The van der Waals surface area contributed by atoms with E-state index in [1.165, 1.54) is 5.56 Å². The van der Waals surface area contributed by atoms with E-state index in [1.54, 1.807) is 6.20 Å². The first-order chi connectivity index (χ1) is 16.2. The van der Waals surface area contributed by atoms with Crippen molar-refractivity contribution in [3.63, 3.8) is 0 Å². The Morgan fingerprint density at radius 2 is 1.85 bits per heavy atom. The third-order valence-corrected chi connectivity index (χ3v) is 6.72. The van der Waals surface area contributed by atoms with Crippen molar-refractivity contribution in [1.82, 2.24) is 4.98 Å². The van der Waals surface area contributed by atoms with Gasteiger partial charge in [-0.1, -0.05) is 50.2 Å². The summed E-state index contributed by atoms with van der Waals surface area (Å²) in [6.45, 7) is 6.39. The van der Waals surface area contributed by atoms with Gasteiger partial charge in [-0.3, -0.25) is 4.79 Å². The van der Waals surface area contributed by atoms with Crippen molar-refractivity contribution in [2.24, 2.45) is 5.41 Å². The molecule has 5 heteroatoms. The summed E-state index contributed by atoms with van der Waals surface area (Å²) < 4.78 is 6.62. The number of carboxylic acid groups (broad SMARTS) is 1. The van der Waals surface area contributed by atoms with Crippen molar-refractivity contribution < 1.29 is 14.6 Å². The summed E-state index contributed by atoms with van der Waals surface area (Å²) in [5.41, 5.74) is 12.3. The second-order valence-electron chi connectivity index (χ2n) is 9.89. The highest BCUT2D eigenvalue weighted by Gasteiger charge is 2.41. The van der Waals surface area contributed by atoms with Crippen LogP contribution in [-0.2, 0) is 17.6 Å². The van der Waals surface area contributed by atoms with E-state index < -0.39 is 5.97 Å². The second-order valence-corrected chi connectivity index (χ2v) is 9.89. The van der Waals surface area contributed by atoms with Crippen LogP contribution in [0.15, 0.2) is 66.9 Å². The number of nitrogens with two attached hydrogens (primary N) is 1. The molecule has 0 spiro atoms. The van der Waals surface area contributed by atoms with Crippen LogP contribution in [0.2, 0.25) is 0 Å². The summed E-state index contributed by atoms with van der Waals surface area (Å²) in [5, 5.41) is 11.4. The molecule has 1 aliphatic carbocycles. The number of hydrogen-bond acceptors (Lipinski definition) is 4. The average molecular weight is 453 g/mol. The molecule has 1 aromatic heterocycles. The van der Waals surface area contributed by atoms with E-state index in [1.807, 2.05) is 31.2 Å². The fraction of sp³-hybridized carbons (Fsp3) is 0.241. The monoisotopic (exact) mass is 452 g/mol. The molecule has 0 bridgehead atoms. The lowest BCUT2D eigenvalue weighted by Gasteiger charge is -2.29. The highest BCUT2D eigenvalue weighted by atomic mass is 16.5. The summed E-state index contributed by atoms with van der Waals surface area (Å²) in [4.78, 5) is 15.6. The van der Waals surface area contributed by atoms with E-state index in [-0.39, 0.29) is 17.9 Å². The van der Waals surface area contributed by atoms with Gasteiger partial charge in [0.25, 0.3) is 0 Å². The number of pyridine rings is 1. The van der Waals surface area contributed by atoms with Crippen LogP contribution in [0, 0.1) is 12.3 Å². The minimum atomic E-state index is -0.868. The Bertz CT molecular complexity index is 1420. The number of carbonyl (C=O) groups is 1. The molecule has 1 heterocycles. The van der Waals surface area contributed by atoms with Gasteiger partial charge in [0.2, 0.25) is 0 Å². The Morgan fingerprint density at radius 1 is 1.09 bits per heavy atom. The summed E-state index contributed by atoms with van der Waals surface area (Å²) in [7, 11) is 0. The Morgan fingerprint density at radius 3 is 2.65 bits per heavy atom. The molecule has 5 rings (SSSR count). The smallest absolute Gasteiger partial charge is 0.307 e. The number of rotatable bonds is 5. The molecule has 0 saturated heterocycles. The Balaban J connectivity index is 1.56. The highest BCUT2D eigenvalue weighted by molar-refractivity contribution is 5.94. The predicted octanol–water partition coefficient (Wildman–Crippen LogP) is 6.12. The SMILES string of the molecule is Cc1ccc(CC(=O)O)c(OC2c3cc(-c4ccc5ccnc(N)c5c4)ccc3CC2(C)C)c1. The number of nitrogen functional groups attached to an aromatic ring is 1. The predicted molar refractivity (Wildman–Crippen MR) is 135 cm³/mol. The number of benzene rings is 3. The van der Waals surface area contributed by atoms with Crippen LogP contribution in [0.3, 0.4) is 0 Å². The Labute approximate surface area is 199 Å². The van der Waals surface area contributed by atoms with Gasteiger partial charge in [-0.2, -0.15) is 0 Å². The molecule has 1 unspecified atom stereocenters. The van der Waals surface area contributed by atoms with Crippen molar-refractivity contribution in [3.8, 4) is 16.9 Å². The standard InChI is InChI=1S/C29H28N2O3/c1-17-4-5-21(15-26(32)33)25(12-17)34-27-23-13-19(8-9-22(23)16-29(27,2)3)20-7-6-18-10-11-31-28(30)24(18)14-20/h4-14,27H,15-16H2,1-3H3,(H2,30,31)(H,32,33). The maximum atomic E-state index is 11.4. The maximum absolute atomic E-state index is 11.4. The lowest BCUT2D eigenvalue weighted by atomic mass is 9.87. The Hall–Kier alpha value is -3.86. The van der Waals surface area contributed by atoms with Crippen LogP contribution < -0.4 is 10.5 Å². The zero-order valence-electron chi connectivity index (χ0n) is 19.6. The fourth-order valence-electron chi connectivity index (χ4n) is 4.98. The van der Waals surface area contributed by atoms with E-state index in [9.17, 15) is 9.90 Å². The molecular weight excluding hydrogens is 424 g/mol. The van der Waals surface area contributed by atoms with Crippen LogP contribution >= 0.6 is 0 Å². The van der Waals surface area contributed by atoms with Crippen LogP contribution in [0.5, 0.6) is 5.75 Å². The first kappa shape index (κ1) is 22.0. The van der Waals surface area contributed by atoms with Crippen molar-refractivity contribution >= 4 is 22.6 Å². The minimum absolute atomic E-state index is 0.0673. The van der Waals surface area contributed by atoms with E-state index in [2.05, 4.69) is 55.2 Å². The van der Waals surface area contributed by atoms with E-state index >= 15 is 0 Å². The molecule has 1 aliphatic rings. The van der Waals surface area contributed by atoms with E-state index in [4.69, 9.17) is 10.5 Å². The van der Waals surface area contributed by atoms with Gasteiger partial charge in [-0.05, 0) is 70.8 Å². The van der Waals surface area contributed by atoms with Crippen molar-refractivity contribution in [1.29, 1.82) is 0 Å². The fourth-order valence-corrected chi connectivity index (χ4v) is 4.98. The highest BCUT2D eigenvalue weighted by Crippen LogP contribution is 2.49. The molecule has 34 heavy (non-hydrogen) atoms. The molecule has 3 N–H and O–H groups in total. The number of aryl methyl sites for hydroxylation is 1. The van der Waals surface area contributed by atoms with E-state index in [0.29, 0.717) is 17.1 Å². The van der Waals surface area contributed by atoms with Gasteiger partial charge in [0.05, 0.1) is 6.42 Å².